The van der Waals surface area contributed by atoms with Gasteiger partial charge in [0.05, 0.1) is 0 Å². The van der Waals surface area contributed by atoms with Crippen molar-refractivity contribution in [2.45, 2.75) is 24.8 Å². The molecule has 1 spiro atoms. The van der Waals surface area contributed by atoms with Crippen LogP contribution in [0.4, 0.5) is 4.79 Å². The minimum Gasteiger partial charge on any atom is -0.341 e. The maximum absolute atomic E-state index is 13.1. The predicted octanol–water partition coefficient (Wildman–Crippen LogP) is 0.870. The van der Waals surface area contributed by atoms with Crippen LogP contribution in [0.15, 0.2) is 24.3 Å². The standard InChI is InChI=1S/C19H24N4O3.ClH/c1-20-10-13-7-9-22(11-13)16(24)12-23-17(25)19(21-18(23)26)8-6-14-4-2-3-5-15(14)19;/h2-5,13,20H,6-12H2,1H3,(H,21,26);1H. The van der Waals surface area contributed by atoms with Crippen LogP contribution in [0.1, 0.15) is 24.0 Å². The zero-order valence-corrected chi connectivity index (χ0v) is 16.2. The molecule has 2 atom stereocenters. The summed E-state index contributed by atoms with van der Waals surface area (Å²) < 4.78 is 0. The minimum atomic E-state index is -0.992. The number of carbonyl (C=O) groups excluding carboxylic acids is 3. The van der Waals surface area contributed by atoms with Gasteiger partial charge in [-0.3, -0.25) is 14.5 Å². The highest BCUT2D eigenvalue weighted by Gasteiger charge is 2.55. The highest BCUT2D eigenvalue weighted by molar-refractivity contribution is 6.09. The second-order valence-corrected chi connectivity index (χ2v) is 7.44. The lowest BCUT2D eigenvalue weighted by Crippen LogP contribution is -2.44. The molecule has 1 aromatic carbocycles. The van der Waals surface area contributed by atoms with E-state index in [-0.39, 0.29) is 30.8 Å². The summed E-state index contributed by atoms with van der Waals surface area (Å²) in [7, 11) is 1.90. The van der Waals surface area contributed by atoms with Gasteiger partial charge in [0, 0.05) is 13.1 Å². The second-order valence-electron chi connectivity index (χ2n) is 7.44. The molecule has 146 valence electrons. The molecular formula is C19H25ClN4O3. The number of hydrogen-bond acceptors (Lipinski definition) is 4. The molecule has 0 saturated carbocycles. The maximum Gasteiger partial charge on any atom is 0.325 e. The molecule has 27 heavy (non-hydrogen) atoms. The van der Waals surface area contributed by atoms with Crippen LogP contribution in [-0.2, 0) is 21.5 Å². The van der Waals surface area contributed by atoms with Crippen LogP contribution in [0.2, 0.25) is 0 Å². The molecule has 1 aliphatic carbocycles. The first kappa shape index (κ1) is 19.6. The van der Waals surface area contributed by atoms with Gasteiger partial charge in [0.1, 0.15) is 12.1 Å². The van der Waals surface area contributed by atoms with Gasteiger partial charge >= 0.3 is 6.03 Å². The van der Waals surface area contributed by atoms with E-state index in [4.69, 9.17) is 0 Å². The van der Waals surface area contributed by atoms with Gasteiger partial charge in [-0.05, 0) is 49.9 Å². The van der Waals surface area contributed by atoms with E-state index in [2.05, 4.69) is 10.6 Å². The molecule has 4 rings (SSSR count). The quantitative estimate of drug-likeness (QED) is 0.745. The van der Waals surface area contributed by atoms with Gasteiger partial charge in [-0.2, -0.15) is 0 Å². The number of carbonyl (C=O) groups is 3. The van der Waals surface area contributed by atoms with Crippen molar-refractivity contribution in [1.82, 2.24) is 20.4 Å². The molecule has 0 bridgehead atoms. The summed E-state index contributed by atoms with van der Waals surface area (Å²) >= 11 is 0. The van der Waals surface area contributed by atoms with Crippen molar-refractivity contribution >= 4 is 30.3 Å². The van der Waals surface area contributed by atoms with Crippen LogP contribution < -0.4 is 10.6 Å². The van der Waals surface area contributed by atoms with E-state index in [9.17, 15) is 14.4 Å². The van der Waals surface area contributed by atoms with E-state index in [1.165, 1.54) is 0 Å². The molecule has 2 saturated heterocycles. The molecule has 0 radical (unpaired) electrons. The topological polar surface area (TPSA) is 81.8 Å². The number of halogens is 1. The third-order valence-electron chi connectivity index (χ3n) is 5.85. The van der Waals surface area contributed by atoms with Crippen LogP contribution in [0.5, 0.6) is 0 Å². The largest absolute Gasteiger partial charge is 0.341 e. The molecule has 3 aliphatic rings. The van der Waals surface area contributed by atoms with E-state index in [0.717, 1.165) is 35.4 Å². The molecule has 7 nitrogen and oxygen atoms in total. The molecule has 1 aromatic rings. The van der Waals surface area contributed by atoms with Crippen molar-refractivity contribution in [3.8, 4) is 0 Å². The number of nitrogens with zero attached hydrogens (tertiary/aromatic N) is 2. The third-order valence-corrected chi connectivity index (χ3v) is 5.85. The second kappa shape index (κ2) is 7.48. The van der Waals surface area contributed by atoms with Crippen LogP contribution in [0, 0.1) is 5.92 Å². The summed E-state index contributed by atoms with van der Waals surface area (Å²) in [6, 6.07) is 7.24. The van der Waals surface area contributed by atoms with Crippen LogP contribution in [0.3, 0.4) is 0 Å². The van der Waals surface area contributed by atoms with Crippen LogP contribution in [-0.4, -0.2) is 60.9 Å². The van der Waals surface area contributed by atoms with E-state index < -0.39 is 11.6 Å². The van der Waals surface area contributed by atoms with Crippen molar-refractivity contribution in [2.75, 3.05) is 33.2 Å². The first-order chi connectivity index (χ1) is 12.5. The molecule has 8 heteroatoms. The minimum absolute atomic E-state index is 0. The molecule has 2 fully saturated rings. The summed E-state index contributed by atoms with van der Waals surface area (Å²) in [5, 5.41) is 6.00. The van der Waals surface area contributed by atoms with Gasteiger partial charge in [0.25, 0.3) is 5.91 Å². The molecular weight excluding hydrogens is 368 g/mol. The number of imide groups is 1. The Kier molecular flexibility index (Phi) is 5.44. The van der Waals surface area contributed by atoms with Crippen LogP contribution >= 0.6 is 12.4 Å². The van der Waals surface area contributed by atoms with Crippen molar-refractivity contribution < 1.29 is 14.4 Å². The Balaban J connectivity index is 0.00000210. The zero-order chi connectivity index (χ0) is 18.3. The Labute approximate surface area is 164 Å². The van der Waals surface area contributed by atoms with Crippen molar-refractivity contribution in [3.05, 3.63) is 35.4 Å². The Morgan fingerprint density at radius 2 is 2.11 bits per heavy atom. The van der Waals surface area contributed by atoms with Crippen molar-refractivity contribution in [2.24, 2.45) is 5.92 Å². The number of fused-ring (bicyclic) bond motifs is 2. The predicted molar refractivity (Wildman–Crippen MR) is 103 cm³/mol. The van der Waals surface area contributed by atoms with E-state index >= 15 is 0 Å². The van der Waals surface area contributed by atoms with Crippen molar-refractivity contribution in [1.29, 1.82) is 0 Å². The molecule has 0 aromatic heterocycles. The molecule has 4 amide bonds. The molecule has 2 N–H and O–H groups in total. The summed E-state index contributed by atoms with van der Waals surface area (Å²) in [5.74, 6) is -0.0256. The summed E-state index contributed by atoms with van der Waals surface area (Å²) in [6.07, 6.45) is 2.25. The number of likely N-dealkylation sites (tertiary alicyclic amines) is 1. The maximum atomic E-state index is 13.1. The summed E-state index contributed by atoms with van der Waals surface area (Å²) in [6.45, 7) is 2.05. The number of nitrogens with one attached hydrogen (secondary N) is 2. The third kappa shape index (κ3) is 3.19. The highest BCUT2D eigenvalue weighted by atomic mass is 35.5. The number of urea groups is 1. The fourth-order valence-corrected chi connectivity index (χ4v) is 4.48. The number of benzene rings is 1. The molecule has 2 aliphatic heterocycles. The number of rotatable bonds is 4. The van der Waals surface area contributed by atoms with Gasteiger partial charge < -0.3 is 15.5 Å². The van der Waals surface area contributed by atoms with Gasteiger partial charge in [-0.1, -0.05) is 24.3 Å². The van der Waals surface area contributed by atoms with Gasteiger partial charge in [-0.25, -0.2) is 4.79 Å². The highest BCUT2D eigenvalue weighted by Crippen LogP contribution is 2.41. The van der Waals surface area contributed by atoms with E-state index in [1.54, 1.807) is 4.90 Å². The Morgan fingerprint density at radius 1 is 1.33 bits per heavy atom. The first-order valence-electron chi connectivity index (χ1n) is 9.20. The summed E-state index contributed by atoms with van der Waals surface area (Å²) in [4.78, 5) is 41.0. The van der Waals surface area contributed by atoms with Gasteiger partial charge in [-0.15, -0.1) is 12.4 Å². The van der Waals surface area contributed by atoms with E-state index in [0.29, 0.717) is 25.4 Å². The zero-order valence-electron chi connectivity index (χ0n) is 15.4. The normalized spacial score (nSPS) is 26.3. The number of amides is 4. The Hall–Kier alpha value is -2.12. The first-order valence-corrected chi connectivity index (χ1v) is 9.20. The van der Waals surface area contributed by atoms with E-state index in [1.807, 2.05) is 31.3 Å². The lowest BCUT2D eigenvalue weighted by atomic mass is 9.92. The average Bonchev–Trinajstić information content (AvgIpc) is 3.30. The fraction of sp³-hybridized carbons (Fsp3) is 0.526. The van der Waals surface area contributed by atoms with Crippen molar-refractivity contribution in [3.63, 3.8) is 0 Å². The fourth-order valence-electron chi connectivity index (χ4n) is 4.48. The lowest BCUT2D eigenvalue weighted by Gasteiger charge is -2.23. The number of aryl methyl sites for hydroxylation is 1. The Bertz CT molecular complexity index is 771. The molecule has 2 heterocycles. The monoisotopic (exact) mass is 392 g/mol. The lowest BCUT2D eigenvalue weighted by molar-refractivity contribution is -0.138. The number of hydrogen-bond donors (Lipinski definition) is 2. The molecule has 2 unspecified atom stereocenters. The average molecular weight is 393 g/mol. The van der Waals surface area contributed by atoms with Gasteiger partial charge in [0.2, 0.25) is 5.91 Å². The van der Waals surface area contributed by atoms with Crippen LogP contribution in [0.25, 0.3) is 0 Å². The summed E-state index contributed by atoms with van der Waals surface area (Å²) in [5.41, 5.74) is 0.959. The SMILES string of the molecule is CNCC1CCN(C(=O)CN2C(=O)NC3(CCc4ccccc43)C2=O)C1.Cl. The smallest absolute Gasteiger partial charge is 0.325 e. The Morgan fingerprint density at radius 3 is 2.89 bits per heavy atom. The van der Waals surface area contributed by atoms with Gasteiger partial charge in [0.15, 0.2) is 0 Å².